The molecule has 1 aromatic heterocycles. The largest absolute Gasteiger partial charge is 0.399 e. The van der Waals surface area contributed by atoms with Crippen LogP contribution in [0.4, 0.5) is 5.69 Å². The third kappa shape index (κ3) is 4.41. The zero-order valence-electron chi connectivity index (χ0n) is 11.1. The van der Waals surface area contributed by atoms with Crippen molar-refractivity contribution in [2.75, 3.05) is 5.73 Å². The van der Waals surface area contributed by atoms with Crippen LogP contribution in [0.25, 0.3) is 0 Å². The van der Waals surface area contributed by atoms with Crippen LogP contribution in [0.2, 0.25) is 0 Å². The van der Waals surface area contributed by atoms with Crippen LogP contribution in [-0.4, -0.2) is 14.2 Å². The molecule has 0 saturated heterocycles. The Morgan fingerprint density at radius 2 is 1.89 bits per heavy atom. The lowest BCUT2D eigenvalue weighted by Crippen LogP contribution is -1.91. The van der Waals surface area contributed by atoms with Crippen LogP contribution >= 0.6 is 11.9 Å². The minimum absolute atomic E-state index is 0.773. The lowest BCUT2D eigenvalue weighted by Gasteiger charge is -1.99. The normalized spacial score (nSPS) is 9.72. The summed E-state index contributed by atoms with van der Waals surface area (Å²) in [5, 5.41) is 4.35. The van der Waals surface area contributed by atoms with E-state index in [1.165, 1.54) is 11.9 Å². The van der Waals surface area contributed by atoms with E-state index in [-0.39, 0.29) is 0 Å². The molecule has 98 valence electrons. The molecule has 0 amide bonds. The number of nitrogens with zero attached hydrogens (tertiary/aromatic N) is 3. The Hall–Kier alpha value is -1.49. The fourth-order valence-electron chi connectivity index (χ4n) is 1.30. The van der Waals surface area contributed by atoms with Crippen LogP contribution in [0.3, 0.4) is 0 Å². The van der Waals surface area contributed by atoms with E-state index in [1.807, 2.05) is 38.1 Å². The van der Waals surface area contributed by atoms with Gasteiger partial charge >= 0.3 is 0 Å². The standard InChI is InChI=1S/C11H14N4S.C2H6/c1-2-3-11-13-8-15(14-11)16-10-6-4-9(12)5-7-10;1-2/h4-8H,2-3,12H2,1H3;1-2H3. The molecule has 0 aliphatic rings. The molecule has 2 rings (SSSR count). The van der Waals surface area contributed by atoms with Gasteiger partial charge in [0.2, 0.25) is 0 Å². The molecule has 1 aromatic carbocycles. The van der Waals surface area contributed by atoms with Crippen molar-refractivity contribution in [1.82, 2.24) is 14.2 Å². The quantitative estimate of drug-likeness (QED) is 0.860. The van der Waals surface area contributed by atoms with E-state index < -0.39 is 0 Å². The van der Waals surface area contributed by atoms with Gasteiger partial charge < -0.3 is 5.73 Å². The molecule has 2 N–H and O–H groups in total. The summed E-state index contributed by atoms with van der Waals surface area (Å²) in [4.78, 5) is 5.33. The molecule has 5 heteroatoms. The summed E-state index contributed by atoms with van der Waals surface area (Å²) in [7, 11) is 0. The molecule has 0 aliphatic heterocycles. The predicted octanol–water partition coefficient (Wildman–Crippen LogP) is 3.39. The fourth-order valence-corrected chi connectivity index (χ4v) is 2.00. The minimum atomic E-state index is 0.773. The van der Waals surface area contributed by atoms with Crippen LogP contribution in [0, 0.1) is 0 Å². The van der Waals surface area contributed by atoms with Crippen molar-refractivity contribution in [3.05, 3.63) is 36.4 Å². The minimum Gasteiger partial charge on any atom is -0.399 e. The number of benzene rings is 1. The highest BCUT2D eigenvalue weighted by Gasteiger charge is 2.01. The van der Waals surface area contributed by atoms with Gasteiger partial charge in [-0.1, -0.05) is 20.8 Å². The van der Waals surface area contributed by atoms with Gasteiger partial charge in [0.15, 0.2) is 5.82 Å². The van der Waals surface area contributed by atoms with E-state index in [4.69, 9.17) is 5.73 Å². The SMILES string of the molecule is CC.CCCc1ncn(Sc2ccc(N)cc2)n1. The first-order chi connectivity index (χ1) is 8.78. The molecule has 0 bridgehead atoms. The number of nitrogens with two attached hydrogens (primary N) is 1. The molecule has 18 heavy (non-hydrogen) atoms. The van der Waals surface area contributed by atoms with Gasteiger partial charge in [0.25, 0.3) is 0 Å². The van der Waals surface area contributed by atoms with Crippen LogP contribution in [-0.2, 0) is 6.42 Å². The zero-order chi connectivity index (χ0) is 13.4. The molecule has 2 aromatic rings. The number of anilines is 1. The Bertz CT molecular complexity index is 450. The molecule has 0 unspecified atom stereocenters. The average Bonchev–Trinajstić information content (AvgIpc) is 2.83. The van der Waals surface area contributed by atoms with Crippen molar-refractivity contribution >= 4 is 17.6 Å². The summed E-state index contributed by atoms with van der Waals surface area (Å²) in [5.74, 6) is 0.894. The monoisotopic (exact) mass is 264 g/mol. The van der Waals surface area contributed by atoms with E-state index in [0.717, 1.165) is 29.2 Å². The lowest BCUT2D eigenvalue weighted by molar-refractivity contribution is 0.831. The molecule has 4 nitrogen and oxygen atoms in total. The van der Waals surface area contributed by atoms with Gasteiger partial charge in [0, 0.05) is 29.0 Å². The van der Waals surface area contributed by atoms with Gasteiger partial charge in [-0.2, -0.15) is 4.09 Å². The highest BCUT2D eigenvalue weighted by Crippen LogP contribution is 2.20. The number of rotatable bonds is 4. The molecule has 0 radical (unpaired) electrons. The second kappa shape index (κ2) is 7.76. The second-order valence-electron chi connectivity index (χ2n) is 3.47. The number of aryl methyl sites for hydroxylation is 1. The van der Waals surface area contributed by atoms with Crippen LogP contribution in [0.15, 0.2) is 35.5 Å². The number of aromatic nitrogens is 3. The number of hydrogen-bond donors (Lipinski definition) is 1. The third-order valence-corrected chi connectivity index (χ3v) is 2.92. The van der Waals surface area contributed by atoms with E-state index in [1.54, 1.807) is 10.4 Å². The van der Waals surface area contributed by atoms with Gasteiger partial charge in [-0.3, -0.25) is 0 Å². The Labute approximate surface area is 113 Å². The van der Waals surface area contributed by atoms with Gasteiger partial charge in [0.05, 0.1) is 0 Å². The van der Waals surface area contributed by atoms with Crippen LogP contribution in [0.1, 0.15) is 33.0 Å². The maximum Gasteiger partial charge on any atom is 0.151 e. The molecule has 0 aliphatic carbocycles. The molecular weight excluding hydrogens is 244 g/mol. The molecule has 0 atom stereocenters. The van der Waals surface area contributed by atoms with Crippen molar-refractivity contribution in [3.8, 4) is 0 Å². The molecular formula is C13H20N4S. The second-order valence-corrected chi connectivity index (χ2v) is 4.50. The fraction of sp³-hybridized carbons (Fsp3) is 0.385. The van der Waals surface area contributed by atoms with Crippen molar-refractivity contribution < 1.29 is 0 Å². The average molecular weight is 264 g/mol. The first-order valence-corrected chi connectivity index (χ1v) is 6.99. The summed E-state index contributed by atoms with van der Waals surface area (Å²) in [6.07, 6.45) is 3.73. The third-order valence-electron chi connectivity index (χ3n) is 2.07. The topological polar surface area (TPSA) is 56.7 Å². The molecule has 0 fully saturated rings. The summed E-state index contributed by atoms with van der Waals surface area (Å²) in [5.41, 5.74) is 6.39. The van der Waals surface area contributed by atoms with Gasteiger partial charge in [0.1, 0.15) is 6.33 Å². The Morgan fingerprint density at radius 3 is 2.50 bits per heavy atom. The zero-order valence-corrected chi connectivity index (χ0v) is 11.9. The molecule has 0 saturated carbocycles. The van der Waals surface area contributed by atoms with Crippen molar-refractivity contribution in [3.63, 3.8) is 0 Å². The summed E-state index contributed by atoms with van der Waals surface area (Å²) in [6, 6.07) is 7.71. The highest BCUT2D eigenvalue weighted by atomic mass is 32.2. The summed E-state index contributed by atoms with van der Waals surface area (Å²) in [6.45, 7) is 6.12. The Kier molecular flexibility index (Phi) is 6.28. The van der Waals surface area contributed by atoms with Crippen molar-refractivity contribution in [1.29, 1.82) is 0 Å². The highest BCUT2D eigenvalue weighted by molar-refractivity contribution is 7.97. The van der Waals surface area contributed by atoms with E-state index in [2.05, 4.69) is 17.0 Å². The molecule has 1 heterocycles. The van der Waals surface area contributed by atoms with E-state index >= 15 is 0 Å². The van der Waals surface area contributed by atoms with Crippen molar-refractivity contribution in [2.45, 2.75) is 38.5 Å². The van der Waals surface area contributed by atoms with E-state index in [9.17, 15) is 0 Å². The van der Waals surface area contributed by atoms with Crippen LogP contribution in [0.5, 0.6) is 0 Å². The van der Waals surface area contributed by atoms with Gasteiger partial charge in [-0.25, -0.2) is 4.98 Å². The Morgan fingerprint density at radius 1 is 1.22 bits per heavy atom. The van der Waals surface area contributed by atoms with Crippen LogP contribution < -0.4 is 5.73 Å². The molecule has 0 spiro atoms. The maximum absolute atomic E-state index is 5.62. The first kappa shape index (κ1) is 14.6. The van der Waals surface area contributed by atoms with Gasteiger partial charge in [-0.05, 0) is 30.7 Å². The lowest BCUT2D eigenvalue weighted by atomic mass is 10.3. The number of hydrogen-bond acceptors (Lipinski definition) is 4. The Balaban J connectivity index is 0.000000771. The van der Waals surface area contributed by atoms with E-state index in [0.29, 0.717) is 0 Å². The van der Waals surface area contributed by atoms with Gasteiger partial charge in [-0.15, -0.1) is 5.10 Å². The first-order valence-electron chi connectivity index (χ1n) is 6.22. The predicted molar refractivity (Wildman–Crippen MR) is 77.5 cm³/mol. The number of nitrogen functional groups attached to an aromatic ring is 1. The summed E-state index contributed by atoms with van der Waals surface area (Å²) >= 11 is 1.53. The van der Waals surface area contributed by atoms with Crippen molar-refractivity contribution in [2.24, 2.45) is 0 Å². The smallest absolute Gasteiger partial charge is 0.151 e. The maximum atomic E-state index is 5.62. The summed E-state index contributed by atoms with van der Waals surface area (Å²) < 4.78 is 1.77.